The molecule has 1 rings (SSSR count). The van der Waals surface area contributed by atoms with Crippen molar-refractivity contribution in [3.8, 4) is 0 Å². The molecule has 0 fully saturated rings. The van der Waals surface area contributed by atoms with Gasteiger partial charge in [0.1, 0.15) is 0 Å². The first-order valence-electron chi connectivity index (χ1n) is 4.88. The highest BCUT2D eigenvalue weighted by Gasteiger charge is 1.98. The van der Waals surface area contributed by atoms with Crippen LogP contribution >= 0.6 is 0 Å². The Morgan fingerprint density at radius 1 is 1.43 bits per heavy atom. The fourth-order valence-electron chi connectivity index (χ4n) is 1.33. The normalized spacial score (nSPS) is 9.79. The van der Waals surface area contributed by atoms with Crippen LogP contribution in [0.2, 0.25) is 0 Å². The van der Waals surface area contributed by atoms with Crippen LogP contribution in [0.15, 0.2) is 24.3 Å². The van der Waals surface area contributed by atoms with Crippen LogP contribution in [-0.4, -0.2) is 12.4 Å². The summed E-state index contributed by atoms with van der Waals surface area (Å²) in [5, 5.41) is 10.4. The summed E-state index contributed by atoms with van der Waals surface area (Å²) in [6.45, 7) is 2.86. The van der Waals surface area contributed by atoms with Crippen molar-refractivity contribution < 1.29 is 0 Å². The average molecular weight is 191 g/mol. The molecule has 0 spiro atoms. The smallest absolute Gasteiger partial charge is 0.0923 e. The molecule has 0 bridgehead atoms. The van der Waals surface area contributed by atoms with E-state index in [0.717, 1.165) is 18.7 Å². The summed E-state index contributed by atoms with van der Waals surface area (Å²) < 4.78 is 0. The number of anilines is 1. The highest BCUT2D eigenvalue weighted by molar-refractivity contribution is 5.77. The fraction of sp³-hybridized carbons (Fsp3) is 0.364. The molecule has 0 heterocycles. The summed E-state index contributed by atoms with van der Waals surface area (Å²) in [6.07, 6.45) is 1.61. The minimum Gasteiger partial charge on any atom is -0.388 e. The van der Waals surface area contributed by atoms with Crippen LogP contribution < -0.4 is 11.1 Å². The Morgan fingerprint density at radius 2 is 2.14 bits per heavy atom. The molecule has 0 aliphatic carbocycles. The lowest BCUT2D eigenvalue weighted by Crippen LogP contribution is -2.15. The van der Waals surface area contributed by atoms with Crippen molar-refractivity contribution in [1.82, 2.24) is 0 Å². The van der Waals surface area contributed by atoms with Gasteiger partial charge < -0.3 is 11.1 Å². The predicted molar refractivity (Wildman–Crippen MR) is 60.8 cm³/mol. The van der Waals surface area contributed by atoms with Crippen LogP contribution in [0, 0.1) is 5.41 Å². The third-order valence-corrected chi connectivity index (χ3v) is 2.11. The molecule has 0 aliphatic heterocycles. The molecule has 0 saturated heterocycles. The first-order valence-corrected chi connectivity index (χ1v) is 4.88. The van der Waals surface area contributed by atoms with E-state index in [1.54, 1.807) is 0 Å². The standard InChI is InChI=1S/C11H17N3/c1-2-9-5-3-4-6-10(9)14-8-7-11(12)13/h3-6,14H,2,7-8H2,1H3,(H3,12,13). The molecule has 3 nitrogen and oxygen atoms in total. The van der Waals surface area contributed by atoms with Crippen LogP contribution in [0.3, 0.4) is 0 Å². The molecule has 0 radical (unpaired) electrons. The second-order valence-corrected chi connectivity index (χ2v) is 3.21. The van der Waals surface area contributed by atoms with E-state index in [1.807, 2.05) is 12.1 Å². The van der Waals surface area contributed by atoms with Crippen LogP contribution in [0.1, 0.15) is 18.9 Å². The molecule has 0 aromatic heterocycles. The summed E-state index contributed by atoms with van der Waals surface area (Å²) >= 11 is 0. The molecule has 4 N–H and O–H groups in total. The topological polar surface area (TPSA) is 61.9 Å². The molecule has 1 aromatic rings. The minimum absolute atomic E-state index is 0.228. The number of hydrogen-bond donors (Lipinski definition) is 3. The Bertz CT molecular complexity index is 307. The van der Waals surface area contributed by atoms with Gasteiger partial charge in [0.25, 0.3) is 0 Å². The lowest BCUT2D eigenvalue weighted by Gasteiger charge is -2.09. The number of nitrogens with one attached hydrogen (secondary N) is 2. The van der Waals surface area contributed by atoms with E-state index in [4.69, 9.17) is 11.1 Å². The maximum Gasteiger partial charge on any atom is 0.0923 e. The Morgan fingerprint density at radius 3 is 2.79 bits per heavy atom. The SMILES string of the molecule is CCc1ccccc1NCCC(=N)N. The monoisotopic (exact) mass is 191 g/mol. The van der Waals surface area contributed by atoms with Gasteiger partial charge in [0.2, 0.25) is 0 Å². The molecule has 0 saturated carbocycles. The molecule has 76 valence electrons. The first kappa shape index (κ1) is 10.6. The summed E-state index contributed by atoms with van der Waals surface area (Å²) in [5.74, 6) is 0.228. The number of rotatable bonds is 5. The predicted octanol–water partition coefficient (Wildman–Crippen LogP) is 1.99. The molecule has 3 heteroatoms. The first-order chi connectivity index (χ1) is 6.74. The van der Waals surface area contributed by atoms with Gasteiger partial charge in [-0.05, 0) is 18.1 Å². The van der Waals surface area contributed by atoms with E-state index in [2.05, 4.69) is 24.4 Å². The molecule has 0 aliphatic rings. The summed E-state index contributed by atoms with van der Waals surface area (Å²) in [6, 6.07) is 8.21. The lowest BCUT2D eigenvalue weighted by molar-refractivity contribution is 1.06. The second kappa shape index (κ2) is 5.27. The third kappa shape index (κ3) is 3.09. The van der Waals surface area contributed by atoms with Crippen molar-refractivity contribution in [2.75, 3.05) is 11.9 Å². The van der Waals surface area contributed by atoms with Gasteiger partial charge in [0.05, 0.1) is 5.84 Å². The van der Waals surface area contributed by atoms with Crippen LogP contribution in [-0.2, 0) is 6.42 Å². The Kier molecular flexibility index (Phi) is 3.98. The van der Waals surface area contributed by atoms with Gasteiger partial charge >= 0.3 is 0 Å². The number of amidine groups is 1. The Balaban J connectivity index is 2.53. The lowest BCUT2D eigenvalue weighted by atomic mass is 10.1. The van der Waals surface area contributed by atoms with Crippen LogP contribution in [0.25, 0.3) is 0 Å². The van der Waals surface area contributed by atoms with E-state index >= 15 is 0 Å². The van der Waals surface area contributed by atoms with Crippen molar-refractivity contribution in [1.29, 1.82) is 5.41 Å². The highest BCUT2D eigenvalue weighted by Crippen LogP contribution is 2.14. The van der Waals surface area contributed by atoms with Crippen molar-refractivity contribution in [2.24, 2.45) is 5.73 Å². The zero-order valence-electron chi connectivity index (χ0n) is 8.51. The second-order valence-electron chi connectivity index (χ2n) is 3.21. The molecular weight excluding hydrogens is 174 g/mol. The average Bonchev–Trinajstić information content (AvgIpc) is 2.18. The quantitative estimate of drug-likeness (QED) is 0.492. The summed E-state index contributed by atoms with van der Waals surface area (Å²) in [7, 11) is 0. The van der Waals surface area contributed by atoms with Gasteiger partial charge in [0.15, 0.2) is 0 Å². The minimum atomic E-state index is 0.228. The zero-order valence-corrected chi connectivity index (χ0v) is 8.51. The summed E-state index contributed by atoms with van der Waals surface area (Å²) in [5.41, 5.74) is 7.72. The summed E-state index contributed by atoms with van der Waals surface area (Å²) in [4.78, 5) is 0. The molecule has 14 heavy (non-hydrogen) atoms. The van der Waals surface area contributed by atoms with E-state index in [-0.39, 0.29) is 5.84 Å². The Labute approximate surface area is 84.8 Å². The van der Waals surface area contributed by atoms with Crippen molar-refractivity contribution in [2.45, 2.75) is 19.8 Å². The molecular formula is C11H17N3. The molecule has 0 amide bonds. The van der Waals surface area contributed by atoms with E-state index in [1.165, 1.54) is 5.56 Å². The largest absolute Gasteiger partial charge is 0.388 e. The zero-order chi connectivity index (χ0) is 10.4. The Hall–Kier alpha value is -1.51. The van der Waals surface area contributed by atoms with Crippen molar-refractivity contribution in [3.63, 3.8) is 0 Å². The van der Waals surface area contributed by atoms with Gasteiger partial charge in [-0.1, -0.05) is 25.1 Å². The number of hydrogen-bond acceptors (Lipinski definition) is 2. The van der Waals surface area contributed by atoms with Crippen molar-refractivity contribution in [3.05, 3.63) is 29.8 Å². The van der Waals surface area contributed by atoms with E-state index < -0.39 is 0 Å². The number of aryl methyl sites for hydroxylation is 1. The van der Waals surface area contributed by atoms with Gasteiger partial charge in [-0.3, -0.25) is 5.41 Å². The maximum absolute atomic E-state index is 7.10. The van der Waals surface area contributed by atoms with Gasteiger partial charge in [-0.25, -0.2) is 0 Å². The third-order valence-electron chi connectivity index (χ3n) is 2.11. The van der Waals surface area contributed by atoms with Crippen LogP contribution in [0.5, 0.6) is 0 Å². The maximum atomic E-state index is 7.10. The van der Waals surface area contributed by atoms with E-state index in [9.17, 15) is 0 Å². The van der Waals surface area contributed by atoms with E-state index in [0.29, 0.717) is 6.42 Å². The molecule has 1 aromatic carbocycles. The fourth-order valence-corrected chi connectivity index (χ4v) is 1.33. The van der Waals surface area contributed by atoms with Gasteiger partial charge in [0, 0.05) is 18.7 Å². The number of nitrogens with two attached hydrogens (primary N) is 1. The van der Waals surface area contributed by atoms with Crippen LogP contribution in [0.4, 0.5) is 5.69 Å². The highest BCUT2D eigenvalue weighted by atomic mass is 14.9. The van der Waals surface area contributed by atoms with Gasteiger partial charge in [-0.15, -0.1) is 0 Å². The number of para-hydroxylation sites is 1. The van der Waals surface area contributed by atoms with Gasteiger partial charge in [-0.2, -0.15) is 0 Å². The number of benzene rings is 1. The van der Waals surface area contributed by atoms with Crippen molar-refractivity contribution >= 4 is 11.5 Å². The molecule has 0 unspecified atom stereocenters. The molecule has 0 atom stereocenters.